The average molecular weight is 528 g/mol. The summed E-state index contributed by atoms with van der Waals surface area (Å²) < 4.78 is 4.38. The lowest BCUT2D eigenvalue weighted by Crippen LogP contribution is -2.01. The van der Waals surface area contributed by atoms with Crippen LogP contribution < -0.4 is 0 Å². The zero-order valence-corrected chi connectivity index (χ0v) is 19.6. The molecular formula is C27H16Br2N2. The highest BCUT2D eigenvalue weighted by Crippen LogP contribution is 2.38. The number of fused-ring (bicyclic) bond motifs is 4. The van der Waals surface area contributed by atoms with Crippen molar-refractivity contribution >= 4 is 64.6 Å². The lowest BCUT2D eigenvalue weighted by Gasteiger charge is -2.15. The standard InChI is InChI=1S/C27H16Br2N2/c28-19-10-12-21-22-13-11-20(29)16-26(22)31(25(21)15-19)27-23(17-6-2-1-3-7-17)14-18-8-4-5-9-24(18)30-27/h1-16H. The molecule has 0 N–H and O–H groups in total. The van der Waals surface area contributed by atoms with Gasteiger partial charge >= 0.3 is 0 Å². The quantitative estimate of drug-likeness (QED) is 0.220. The first-order chi connectivity index (χ1) is 15.2. The van der Waals surface area contributed by atoms with Gasteiger partial charge in [0.05, 0.1) is 16.6 Å². The molecule has 0 saturated heterocycles. The Balaban J connectivity index is 1.82. The van der Waals surface area contributed by atoms with Gasteiger partial charge in [0.15, 0.2) is 0 Å². The Bertz CT molecular complexity index is 1540. The predicted octanol–water partition coefficient (Wildman–Crippen LogP) is 8.52. The number of benzene rings is 4. The van der Waals surface area contributed by atoms with Crippen LogP contribution in [0.4, 0.5) is 0 Å². The second-order valence-corrected chi connectivity index (χ2v) is 9.41. The van der Waals surface area contributed by atoms with Gasteiger partial charge < -0.3 is 0 Å². The molecule has 0 atom stereocenters. The number of pyridine rings is 1. The molecule has 4 aromatic carbocycles. The number of para-hydroxylation sites is 1. The molecular weight excluding hydrogens is 512 g/mol. The number of nitrogens with zero attached hydrogens (tertiary/aromatic N) is 2. The van der Waals surface area contributed by atoms with Crippen molar-refractivity contribution in [1.29, 1.82) is 0 Å². The average Bonchev–Trinajstić information content (AvgIpc) is 3.11. The third-order valence-electron chi connectivity index (χ3n) is 5.69. The van der Waals surface area contributed by atoms with Crippen molar-refractivity contribution in [2.24, 2.45) is 0 Å². The fraction of sp³-hybridized carbons (Fsp3) is 0. The Hall–Kier alpha value is -2.95. The first-order valence-electron chi connectivity index (χ1n) is 10.0. The van der Waals surface area contributed by atoms with Crippen molar-refractivity contribution in [3.63, 3.8) is 0 Å². The molecule has 0 amide bonds. The van der Waals surface area contributed by atoms with Crippen molar-refractivity contribution in [3.05, 3.63) is 106 Å². The van der Waals surface area contributed by atoms with E-state index < -0.39 is 0 Å². The van der Waals surface area contributed by atoms with E-state index in [-0.39, 0.29) is 0 Å². The van der Waals surface area contributed by atoms with Crippen LogP contribution in [0.5, 0.6) is 0 Å². The molecule has 148 valence electrons. The molecule has 0 unspecified atom stereocenters. The van der Waals surface area contributed by atoms with E-state index in [0.29, 0.717) is 0 Å². The van der Waals surface area contributed by atoms with Gasteiger partial charge in [-0.05, 0) is 42.0 Å². The van der Waals surface area contributed by atoms with Crippen molar-refractivity contribution in [3.8, 4) is 16.9 Å². The Kier molecular flexibility index (Phi) is 4.44. The normalized spacial score (nSPS) is 11.5. The highest BCUT2D eigenvalue weighted by atomic mass is 79.9. The summed E-state index contributed by atoms with van der Waals surface area (Å²) in [7, 11) is 0. The second-order valence-electron chi connectivity index (χ2n) is 7.58. The largest absolute Gasteiger partial charge is 0.293 e. The molecule has 0 aliphatic rings. The summed E-state index contributed by atoms with van der Waals surface area (Å²) in [5.74, 6) is 0.932. The number of halogens is 2. The Morgan fingerprint density at radius 1 is 0.613 bits per heavy atom. The van der Waals surface area contributed by atoms with E-state index in [0.717, 1.165) is 47.8 Å². The van der Waals surface area contributed by atoms with E-state index in [1.54, 1.807) is 0 Å². The maximum absolute atomic E-state index is 5.19. The zero-order valence-electron chi connectivity index (χ0n) is 16.4. The summed E-state index contributed by atoms with van der Waals surface area (Å²) in [6.07, 6.45) is 0. The Morgan fingerprint density at radius 3 is 1.90 bits per heavy atom. The minimum Gasteiger partial charge on any atom is -0.293 e. The Morgan fingerprint density at radius 2 is 1.23 bits per heavy atom. The summed E-state index contributed by atoms with van der Waals surface area (Å²) in [4.78, 5) is 5.19. The minimum atomic E-state index is 0.932. The summed E-state index contributed by atoms with van der Waals surface area (Å²) in [5.41, 5.74) is 5.50. The van der Waals surface area contributed by atoms with Gasteiger partial charge in [0.25, 0.3) is 0 Å². The van der Waals surface area contributed by atoms with Crippen LogP contribution in [0.15, 0.2) is 106 Å². The Labute approximate surface area is 196 Å². The summed E-state index contributed by atoms with van der Waals surface area (Å²) in [6, 6.07) is 33.9. The van der Waals surface area contributed by atoms with Gasteiger partial charge in [-0.15, -0.1) is 0 Å². The molecule has 6 aromatic rings. The van der Waals surface area contributed by atoms with E-state index in [9.17, 15) is 0 Å². The molecule has 6 rings (SSSR count). The van der Waals surface area contributed by atoms with Crippen LogP contribution in [0, 0.1) is 0 Å². The fourth-order valence-corrected chi connectivity index (χ4v) is 5.00. The van der Waals surface area contributed by atoms with Crippen LogP contribution in [0.25, 0.3) is 49.7 Å². The molecule has 0 spiro atoms. The zero-order chi connectivity index (χ0) is 20.9. The van der Waals surface area contributed by atoms with Crippen LogP contribution >= 0.6 is 31.9 Å². The molecule has 0 fully saturated rings. The van der Waals surface area contributed by atoms with Gasteiger partial charge in [-0.2, -0.15) is 0 Å². The van der Waals surface area contributed by atoms with Gasteiger partial charge in [0.1, 0.15) is 5.82 Å². The molecule has 0 aliphatic heterocycles. The van der Waals surface area contributed by atoms with Crippen LogP contribution in [0.3, 0.4) is 0 Å². The third kappa shape index (κ3) is 3.10. The minimum absolute atomic E-state index is 0.932. The predicted molar refractivity (Wildman–Crippen MR) is 137 cm³/mol. The molecule has 2 nitrogen and oxygen atoms in total. The monoisotopic (exact) mass is 526 g/mol. The highest BCUT2D eigenvalue weighted by molar-refractivity contribution is 9.10. The first kappa shape index (κ1) is 18.8. The van der Waals surface area contributed by atoms with Crippen molar-refractivity contribution < 1.29 is 0 Å². The van der Waals surface area contributed by atoms with Gasteiger partial charge in [0.2, 0.25) is 0 Å². The first-order valence-corrected chi connectivity index (χ1v) is 11.6. The maximum atomic E-state index is 5.19. The number of aromatic nitrogens is 2. The smallest absolute Gasteiger partial charge is 0.146 e. The van der Waals surface area contributed by atoms with Crippen LogP contribution in [0.2, 0.25) is 0 Å². The lowest BCUT2D eigenvalue weighted by atomic mass is 10.0. The number of hydrogen-bond donors (Lipinski definition) is 0. The van der Waals surface area contributed by atoms with E-state index in [2.05, 4.69) is 121 Å². The van der Waals surface area contributed by atoms with Crippen molar-refractivity contribution in [1.82, 2.24) is 9.55 Å². The molecule has 0 saturated carbocycles. The van der Waals surface area contributed by atoms with Gasteiger partial charge in [-0.3, -0.25) is 4.57 Å². The van der Waals surface area contributed by atoms with Crippen LogP contribution in [-0.2, 0) is 0 Å². The third-order valence-corrected chi connectivity index (χ3v) is 6.68. The van der Waals surface area contributed by atoms with Crippen LogP contribution in [-0.4, -0.2) is 9.55 Å². The van der Waals surface area contributed by atoms with Gasteiger partial charge in [0, 0.05) is 30.7 Å². The molecule has 0 bridgehead atoms. The molecule has 2 aromatic heterocycles. The maximum Gasteiger partial charge on any atom is 0.146 e. The van der Waals surface area contributed by atoms with E-state index in [1.165, 1.54) is 10.8 Å². The topological polar surface area (TPSA) is 17.8 Å². The van der Waals surface area contributed by atoms with E-state index in [4.69, 9.17) is 4.98 Å². The summed E-state index contributed by atoms with van der Waals surface area (Å²) >= 11 is 7.34. The summed E-state index contributed by atoms with van der Waals surface area (Å²) in [5, 5.41) is 3.55. The lowest BCUT2D eigenvalue weighted by molar-refractivity contribution is 1.10. The van der Waals surface area contributed by atoms with E-state index in [1.807, 2.05) is 12.1 Å². The number of rotatable bonds is 2. The van der Waals surface area contributed by atoms with Crippen molar-refractivity contribution in [2.75, 3.05) is 0 Å². The fourth-order valence-electron chi connectivity index (χ4n) is 4.30. The van der Waals surface area contributed by atoms with Gasteiger partial charge in [-0.25, -0.2) is 4.98 Å². The molecule has 0 aliphatic carbocycles. The van der Waals surface area contributed by atoms with E-state index >= 15 is 0 Å². The SMILES string of the molecule is Brc1ccc2c3ccc(Br)cc3n(-c3nc4ccccc4cc3-c3ccccc3)c2c1. The van der Waals surface area contributed by atoms with Crippen molar-refractivity contribution in [2.45, 2.75) is 0 Å². The number of hydrogen-bond acceptors (Lipinski definition) is 1. The molecule has 0 radical (unpaired) electrons. The van der Waals surface area contributed by atoms with Crippen LogP contribution in [0.1, 0.15) is 0 Å². The molecule has 31 heavy (non-hydrogen) atoms. The molecule has 2 heterocycles. The highest BCUT2D eigenvalue weighted by Gasteiger charge is 2.18. The molecule has 4 heteroatoms. The second kappa shape index (κ2) is 7.33. The van der Waals surface area contributed by atoms with Gasteiger partial charge in [-0.1, -0.05) is 92.5 Å². The summed E-state index contributed by atoms with van der Waals surface area (Å²) in [6.45, 7) is 0.